The highest BCUT2D eigenvalue weighted by Gasteiger charge is 2.64. The molecule has 0 aliphatic carbocycles. The largest absolute Gasteiger partial charge is 0.495 e. The molecule has 4 bridgehead atoms. The predicted molar refractivity (Wildman–Crippen MR) is 243 cm³/mol. The van der Waals surface area contributed by atoms with Gasteiger partial charge in [0, 0.05) is 62.8 Å². The number of benzene rings is 1. The number of carbonyl (C=O) groups excluding carboxylic acids is 5. The molecule has 2 saturated heterocycles. The van der Waals surface area contributed by atoms with Gasteiger partial charge >= 0.3 is 12.1 Å². The van der Waals surface area contributed by atoms with Gasteiger partial charge in [-0.25, -0.2) is 9.59 Å². The number of ketones is 1. The average molecular weight is 925 g/mol. The Bertz CT molecular complexity index is 1880. The molecule has 62 heavy (non-hydrogen) atoms. The minimum atomic E-state index is -1.84. The van der Waals surface area contributed by atoms with Crippen LogP contribution in [-0.4, -0.2) is 120 Å². The lowest BCUT2D eigenvalue weighted by Crippen LogP contribution is -2.63. The van der Waals surface area contributed by atoms with Crippen molar-refractivity contribution >= 4 is 68.5 Å². The van der Waals surface area contributed by atoms with Crippen LogP contribution in [-0.2, 0) is 44.5 Å². The van der Waals surface area contributed by atoms with Crippen LogP contribution in [0.5, 0.6) is 5.75 Å². The molecule has 346 valence electrons. The van der Waals surface area contributed by atoms with E-state index in [1.54, 1.807) is 80.7 Å². The summed E-state index contributed by atoms with van der Waals surface area (Å²) < 4.78 is 29.2. The maximum absolute atomic E-state index is 14.3. The van der Waals surface area contributed by atoms with Crippen molar-refractivity contribution < 1.29 is 52.8 Å². The summed E-state index contributed by atoms with van der Waals surface area (Å²) in [5, 5.41) is 14.6. The first-order chi connectivity index (χ1) is 29.0. The van der Waals surface area contributed by atoms with Gasteiger partial charge in [-0.05, 0) is 71.6 Å². The maximum Gasteiger partial charge on any atom is 0.409 e. The molecule has 3 heterocycles. The van der Waals surface area contributed by atoms with Gasteiger partial charge in [-0.2, -0.15) is 0 Å². The van der Waals surface area contributed by atoms with Crippen molar-refractivity contribution in [3.8, 4) is 5.75 Å². The van der Waals surface area contributed by atoms with E-state index < -0.39 is 65.7 Å². The summed E-state index contributed by atoms with van der Waals surface area (Å²) in [6.07, 6.45) is 2.93. The van der Waals surface area contributed by atoms with E-state index in [-0.39, 0.29) is 46.6 Å². The topological polar surface area (TPSA) is 174 Å². The van der Waals surface area contributed by atoms with Crippen molar-refractivity contribution in [3.05, 3.63) is 46.5 Å². The number of anilines is 1. The van der Waals surface area contributed by atoms with Crippen molar-refractivity contribution in [2.45, 2.75) is 147 Å². The molecule has 2 N–H and O–H groups in total. The first kappa shape index (κ1) is 51.4. The highest BCUT2D eigenvalue weighted by Crippen LogP contribution is 2.49. The highest BCUT2D eigenvalue weighted by atomic mass is 35.5. The van der Waals surface area contributed by atoms with E-state index in [1.807, 2.05) is 26.8 Å². The zero-order valence-electron chi connectivity index (χ0n) is 38.2. The Labute approximate surface area is 379 Å². The van der Waals surface area contributed by atoms with Crippen LogP contribution in [0.4, 0.5) is 10.5 Å². The quantitative estimate of drug-likeness (QED) is 0.0769. The van der Waals surface area contributed by atoms with Gasteiger partial charge in [-0.15, -0.1) is 0 Å². The highest BCUT2D eigenvalue weighted by molar-refractivity contribution is 8.77. The van der Waals surface area contributed by atoms with Crippen molar-refractivity contribution in [1.29, 1.82) is 0 Å². The number of aliphatic hydroxyl groups is 1. The summed E-state index contributed by atoms with van der Waals surface area (Å²) >= 11 is 6.81. The molecule has 4 rings (SSSR count). The summed E-state index contributed by atoms with van der Waals surface area (Å²) in [5.41, 5.74) is -0.970. The number of Topliss-reactive ketones (excluding diaryl/α,β-unsaturated/α-hetero) is 1. The molecular weight excluding hydrogens is 858 g/mol. The minimum Gasteiger partial charge on any atom is -0.495 e. The number of likely N-dealkylation sites (N-methyl/N-ethyl adjacent to an activating group) is 1. The van der Waals surface area contributed by atoms with Gasteiger partial charge in [-0.3, -0.25) is 19.7 Å². The maximum atomic E-state index is 14.3. The van der Waals surface area contributed by atoms with Gasteiger partial charge in [0.05, 0.1) is 25.3 Å². The summed E-state index contributed by atoms with van der Waals surface area (Å²) in [4.78, 5) is 69.5. The Hall–Kier alpha value is -3.28. The van der Waals surface area contributed by atoms with E-state index in [1.165, 1.54) is 24.0 Å². The number of carbonyl (C=O) groups is 5. The number of nitrogens with zero attached hydrogens (tertiary/aromatic N) is 2. The monoisotopic (exact) mass is 923 g/mol. The number of hydrogen-bond acceptors (Lipinski definition) is 13. The number of esters is 1. The molecule has 14 nitrogen and oxygen atoms in total. The summed E-state index contributed by atoms with van der Waals surface area (Å²) in [6, 6.07) is 2.58. The summed E-state index contributed by atoms with van der Waals surface area (Å²) in [7, 11) is 9.42. The van der Waals surface area contributed by atoms with Gasteiger partial charge in [-0.1, -0.05) is 77.8 Å². The van der Waals surface area contributed by atoms with E-state index in [0.717, 1.165) is 23.3 Å². The van der Waals surface area contributed by atoms with E-state index in [9.17, 15) is 29.1 Å². The van der Waals surface area contributed by atoms with Crippen molar-refractivity contribution in [3.63, 3.8) is 0 Å². The Balaban J connectivity index is 1.58. The van der Waals surface area contributed by atoms with Gasteiger partial charge < -0.3 is 38.6 Å². The molecule has 0 saturated carbocycles. The molecule has 3 aliphatic heterocycles. The lowest BCUT2D eigenvalue weighted by molar-refractivity contribution is -0.162. The van der Waals surface area contributed by atoms with Crippen molar-refractivity contribution in [1.82, 2.24) is 10.2 Å². The zero-order valence-corrected chi connectivity index (χ0v) is 40.6. The third-order valence-corrected chi connectivity index (χ3v) is 15.9. The Morgan fingerprint density at radius 3 is 2.50 bits per heavy atom. The van der Waals surface area contributed by atoms with Crippen molar-refractivity contribution in [2.24, 2.45) is 11.8 Å². The van der Waals surface area contributed by atoms with Crippen LogP contribution >= 0.6 is 33.2 Å². The number of rotatable bonds is 15. The Kier molecular flexibility index (Phi) is 17.9. The van der Waals surface area contributed by atoms with Crippen LogP contribution in [0.25, 0.3) is 0 Å². The second-order valence-electron chi connectivity index (χ2n) is 17.8. The second kappa shape index (κ2) is 21.6. The van der Waals surface area contributed by atoms with Crippen LogP contribution < -0.4 is 15.0 Å². The van der Waals surface area contributed by atoms with Gasteiger partial charge in [0.15, 0.2) is 5.72 Å². The average Bonchev–Trinajstić information content (AvgIpc) is 3.91. The molecule has 0 spiro atoms. The van der Waals surface area contributed by atoms with E-state index >= 15 is 0 Å². The Morgan fingerprint density at radius 2 is 1.85 bits per heavy atom. The molecule has 0 unspecified atom stereocenters. The number of allylic oxidation sites excluding steroid dienone is 3. The van der Waals surface area contributed by atoms with Gasteiger partial charge in [0.2, 0.25) is 11.8 Å². The fraction of sp³-hybridized carbons (Fsp3) is 0.667. The number of hydrogen-bond donors (Lipinski definition) is 2. The number of nitrogens with one attached hydrogen (secondary N) is 1. The normalized spacial score (nSPS) is 28.7. The number of methoxy groups -OCH3 is 2. The zero-order chi connectivity index (χ0) is 46.3. The third-order valence-electron chi connectivity index (χ3n) is 12.0. The number of halogens is 1. The molecule has 3 amide bonds. The third kappa shape index (κ3) is 12.9. The number of alkyl carbamates (subject to hydrolysis) is 1. The summed E-state index contributed by atoms with van der Waals surface area (Å²) in [5.74, 6) is -0.479. The van der Waals surface area contributed by atoms with Gasteiger partial charge in [0.25, 0.3) is 0 Å². The molecule has 2 fully saturated rings. The minimum absolute atomic E-state index is 0.0326. The first-order valence-electron chi connectivity index (χ1n) is 21.1. The van der Waals surface area contributed by atoms with Crippen LogP contribution in [0.3, 0.4) is 0 Å². The van der Waals surface area contributed by atoms with Crippen LogP contribution in [0.1, 0.15) is 99.5 Å². The lowest BCUT2D eigenvalue weighted by Gasteiger charge is -2.42. The SMILES string of the molecule is COc1cc2cc(c1Cl)N(C)C(=O)C[C@H](OC(=O)[C@H](C)N(C)C(=O)CCC(C)(C)SSCCCC(=O)C(C)C)[C@]1(C)O[C@H]1[C@H](C)[C@@H]1C[C@@](O)(NC(=O)O1)[C@H](OC)/C=C/C=C(\C)C2. The number of ether oxygens (including phenoxy) is 5. The van der Waals surface area contributed by atoms with Crippen LogP contribution in [0.2, 0.25) is 5.02 Å². The standard InChI is InChI=1S/C45H66ClN3O11S2/c1-26(2)32(50)16-14-20-61-62-43(6,7)19-18-37(51)48(9)29(5)41(53)59-36-24-38(52)49(10)31-22-30(23-33(56-11)39(31)46)21-27(3)15-13-17-35(57-12)45(55)25-34(58-42(54)47-45)28(4)40-44(36,8)60-40/h13,15,17,22-23,26,28-29,34-36,40,55H,14,16,18-21,24-25H2,1-12H3,(H,47,54)/b17-13+,27-15+/t28-,29+,34+,35-,36+,40+,44+,45+/m1/s1. The fourth-order valence-electron chi connectivity index (χ4n) is 7.64. The van der Waals surface area contributed by atoms with Crippen LogP contribution in [0, 0.1) is 11.8 Å². The Morgan fingerprint density at radius 1 is 1.16 bits per heavy atom. The summed E-state index contributed by atoms with van der Waals surface area (Å²) in [6.45, 7) is 15.0. The van der Waals surface area contributed by atoms with Gasteiger partial charge in [0.1, 0.15) is 46.5 Å². The molecule has 1 aromatic rings. The fourth-order valence-corrected chi connectivity index (χ4v) is 10.6. The smallest absolute Gasteiger partial charge is 0.409 e. The molecule has 3 aliphatic rings. The molecular formula is C45H66ClN3O11S2. The molecule has 0 aromatic heterocycles. The lowest BCUT2D eigenvalue weighted by atomic mass is 9.83. The number of epoxide rings is 1. The molecule has 1 aromatic carbocycles. The van der Waals surface area contributed by atoms with Crippen molar-refractivity contribution in [2.75, 3.05) is 39.0 Å². The number of fused-ring (bicyclic) bond motifs is 5. The molecule has 0 radical (unpaired) electrons. The van der Waals surface area contributed by atoms with Crippen LogP contribution in [0.15, 0.2) is 35.9 Å². The molecule has 17 heteroatoms. The number of amides is 3. The predicted octanol–water partition coefficient (Wildman–Crippen LogP) is 7.46. The van der Waals surface area contributed by atoms with E-state index in [0.29, 0.717) is 30.7 Å². The second-order valence-corrected chi connectivity index (χ2v) is 21.3. The van der Waals surface area contributed by atoms with E-state index in [2.05, 4.69) is 19.2 Å². The molecule has 8 atom stereocenters. The van der Waals surface area contributed by atoms with E-state index in [4.69, 9.17) is 35.3 Å². The first-order valence-corrected chi connectivity index (χ1v) is 23.8.